The molecule has 0 fully saturated rings. The molecular formula is C12H11N3O. The van der Waals surface area contributed by atoms with E-state index >= 15 is 0 Å². The molecule has 0 spiro atoms. The highest BCUT2D eigenvalue weighted by atomic mass is 16.1. The molecule has 1 aromatic carbocycles. The number of nitrogens with zero attached hydrogens (tertiary/aromatic N) is 2. The van der Waals surface area contributed by atoms with Crippen LogP contribution in [-0.4, -0.2) is 15.9 Å². The summed E-state index contributed by atoms with van der Waals surface area (Å²) in [6.45, 7) is 0. The Morgan fingerprint density at radius 2 is 1.94 bits per heavy atom. The molecule has 0 aliphatic rings. The molecule has 0 saturated heterocycles. The summed E-state index contributed by atoms with van der Waals surface area (Å²) in [6, 6.07) is 9.43. The molecule has 4 heteroatoms. The normalized spacial score (nSPS) is 10.0. The average Bonchev–Trinajstić information content (AvgIpc) is 2.30. The van der Waals surface area contributed by atoms with Gasteiger partial charge in [-0.25, -0.2) is 9.97 Å². The van der Waals surface area contributed by atoms with Gasteiger partial charge >= 0.3 is 0 Å². The second-order valence-electron chi connectivity index (χ2n) is 3.43. The van der Waals surface area contributed by atoms with Crippen molar-refractivity contribution in [1.82, 2.24) is 9.97 Å². The number of carbonyl (C=O) groups is 1. The third-order valence-electron chi connectivity index (χ3n) is 2.21. The van der Waals surface area contributed by atoms with Crippen LogP contribution in [0.5, 0.6) is 0 Å². The third kappa shape index (κ3) is 2.42. The number of primary amides is 1. The van der Waals surface area contributed by atoms with E-state index in [9.17, 15) is 4.79 Å². The molecule has 0 bridgehead atoms. The molecule has 1 heterocycles. The minimum atomic E-state index is -0.324. The van der Waals surface area contributed by atoms with Crippen LogP contribution in [0.3, 0.4) is 0 Å². The Kier molecular flexibility index (Phi) is 2.91. The van der Waals surface area contributed by atoms with E-state index in [-0.39, 0.29) is 12.3 Å². The maximum atomic E-state index is 10.7. The van der Waals surface area contributed by atoms with Crippen molar-refractivity contribution < 1.29 is 4.79 Å². The smallest absolute Gasteiger partial charge is 0.221 e. The molecule has 0 unspecified atom stereocenters. The van der Waals surface area contributed by atoms with Crippen molar-refractivity contribution in [1.29, 1.82) is 0 Å². The lowest BCUT2D eigenvalue weighted by molar-refractivity contribution is -0.117. The van der Waals surface area contributed by atoms with Crippen LogP contribution in [-0.2, 0) is 11.2 Å². The van der Waals surface area contributed by atoms with Crippen LogP contribution in [0.15, 0.2) is 42.9 Å². The summed E-state index contributed by atoms with van der Waals surface area (Å²) < 4.78 is 0. The summed E-state index contributed by atoms with van der Waals surface area (Å²) in [6.07, 6.45) is 3.47. The predicted molar refractivity (Wildman–Crippen MR) is 60.4 cm³/mol. The van der Waals surface area contributed by atoms with Crippen LogP contribution in [0.2, 0.25) is 0 Å². The van der Waals surface area contributed by atoms with E-state index in [4.69, 9.17) is 5.73 Å². The first kappa shape index (κ1) is 10.3. The summed E-state index contributed by atoms with van der Waals surface area (Å²) in [5, 5.41) is 0. The monoisotopic (exact) mass is 213 g/mol. The van der Waals surface area contributed by atoms with Crippen LogP contribution < -0.4 is 5.73 Å². The Bertz CT molecular complexity index is 479. The maximum absolute atomic E-state index is 10.7. The number of rotatable bonds is 3. The first-order chi connectivity index (χ1) is 7.75. The van der Waals surface area contributed by atoms with Crippen LogP contribution in [0.1, 0.15) is 5.56 Å². The van der Waals surface area contributed by atoms with Crippen molar-refractivity contribution >= 4 is 5.91 Å². The van der Waals surface area contributed by atoms with E-state index in [1.54, 1.807) is 6.20 Å². The van der Waals surface area contributed by atoms with Gasteiger partial charge in [-0.15, -0.1) is 0 Å². The number of nitrogens with two attached hydrogens (primary N) is 1. The van der Waals surface area contributed by atoms with Gasteiger partial charge in [0.1, 0.15) is 6.33 Å². The van der Waals surface area contributed by atoms with Gasteiger partial charge in [0.25, 0.3) is 0 Å². The van der Waals surface area contributed by atoms with Gasteiger partial charge in [-0.05, 0) is 11.6 Å². The van der Waals surface area contributed by atoms with Gasteiger partial charge in [-0.3, -0.25) is 4.79 Å². The van der Waals surface area contributed by atoms with E-state index in [2.05, 4.69) is 9.97 Å². The molecule has 2 aromatic rings. The Morgan fingerprint density at radius 1 is 1.19 bits per heavy atom. The molecule has 0 aliphatic heterocycles. The largest absolute Gasteiger partial charge is 0.369 e. The van der Waals surface area contributed by atoms with Crippen LogP contribution in [0.25, 0.3) is 11.3 Å². The average molecular weight is 213 g/mol. The van der Waals surface area contributed by atoms with Crippen LogP contribution >= 0.6 is 0 Å². The van der Waals surface area contributed by atoms with Crippen molar-refractivity contribution in [2.75, 3.05) is 0 Å². The van der Waals surface area contributed by atoms with Crippen molar-refractivity contribution in [2.45, 2.75) is 6.42 Å². The molecule has 2 rings (SSSR count). The number of hydrogen-bond donors (Lipinski definition) is 1. The van der Waals surface area contributed by atoms with E-state index in [1.165, 1.54) is 6.33 Å². The van der Waals surface area contributed by atoms with Gasteiger partial charge in [0.2, 0.25) is 5.91 Å². The van der Waals surface area contributed by atoms with E-state index in [0.717, 1.165) is 16.8 Å². The Labute approximate surface area is 93.2 Å². The lowest BCUT2D eigenvalue weighted by Crippen LogP contribution is -2.13. The second kappa shape index (κ2) is 4.53. The number of amides is 1. The van der Waals surface area contributed by atoms with Crippen molar-refractivity contribution in [3.8, 4) is 11.3 Å². The van der Waals surface area contributed by atoms with E-state index in [0.29, 0.717) is 0 Å². The number of hydrogen-bond acceptors (Lipinski definition) is 3. The molecule has 1 amide bonds. The molecule has 0 atom stereocenters. The maximum Gasteiger partial charge on any atom is 0.221 e. The van der Waals surface area contributed by atoms with Gasteiger partial charge in [0.05, 0.1) is 12.1 Å². The highest BCUT2D eigenvalue weighted by Crippen LogP contribution is 2.16. The van der Waals surface area contributed by atoms with Crippen molar-refractivity contribution in [3.05, 3.63) is 48.4 Å². The van der Waals surface area contributed by atoms with E-state index < -0.39 is 0 Å². The zero-order valence-electron chi connectivity index (χ0n) is 8.63. The van der Waals surface area contributed by atoms with Gasteiger partial charge in [0.15, 0.2) is 0 Å². The standard InChI is InChI=1S/C12H11N3O/c13-12(16)7-9-1-3-10(4-2-9)11-5-6-14-8-15-11/h1-6,8H,7H2,(H2,13,16). The Morgan fingerprint density at radius 3 is 2.50 bits per heavy atom. The summed E-state index contributed by atoms with van der Waals surface area (Å²) >= 11 is 0. The fourth-order valence-electron chi connectivity index (χ4n) is 1.46. The molecule has 0 radical (unpaired) electrons. The zero-order chi connectivity index (χ0) is 11.4. The SMILES string of the molecule is NC(=O)Cc1ccc(-c2ccncn2)cc1. The molecule has 0 saturated carbocycles. The molecular weight excluding hydrogens is 202 g/mol. The predicted octanol–water partition coefficient (Wildman–Crippen LogP) is 1.17. The van der Waals surface area contributed by atoms with Gasteiger partial charge in [-0.1, -0.05) is 24.3 Å². The topological polar surface area (TPSA) is 68.9 Å². The second-order valence-corrected chi connectivity index (χ2v) is 3.43. The van der Waals surface area contributed by atoms with Gasteiger partial charge in [-0.2, -0.15) is 0 Å². The Hall–Kier alpha value is -2.23. The first-order valence-corrected chi connectivity index (χ1v) is 4.89. The molecule has 1 aromatic heterocycles. The minimum absolute atomic E-state index is 0.268. The summed E-state index contributed by atoms with van der Waals surface area (Å²) in [7, 11) is 0. The fraction of sp³-hybridized carbons (Fsp3) is 0.0833. The lowest BCUT2D eigenvalue weighted by Gasteiger charge is -2.01. The fourth-order valence-corrected chi connectivity index (χ4v) is 1.46. The lowest BCUT2D eigenvalue weighted by atomic mass is 10.1. The van der Waals surface area contributed by atoms with Crippen LogP contribution in [0.4, 0.5) is 0 Å². The van der Waals surface area contributed by atoms with E-state index in [1.807, 2.05) is 30.3 Å². The first-order valence-electron chi connectivity index (χ1n) is 4.89. The highest BCUT2D eigenvalue weighted by molar-refractivity contribution is 5.76. The quantitative estimate of drug-likeness (QED) is 0.832. The molecule has 2 N–H and O–H groups in total. The van der Waals surface area contributed by atoms with Crippen molar-refractivity contribution in [2.24, 2.45) is 5.73 Å². The zero-order valence-corrected chi connectivity index (χ0v) is 8.63. The summed E-state index contributed by atoms with van der Waals surface area (Å²) in [5.74, 6) is -0.324. The molecule has 16 heavy (non-hydrogen) atoms. The van der Waals surface area contributed by atoms with Crippen LogP contribution in [0, 0.1) is 0 Å². The minimum Gasteiger partial charge on any atom is -0.369 e. The summed E-state index contributed by atoms with van der Waals surface area (Å²) in [5.41, 5.74) is 7.88. The van der Waals surface area contributed by atoms with Gasteiger partial charge in [0, 0.05) is 11.8 Å². The number of aromatic nitrogens is 2. The van der Waals surface area contributed by atoms with Crippen molar-refractivity contribution in [3.63, 3.8) is 0 Å². The summed E-state index contributed by atoms with van der Waals surface area (Å²) in [4.78, 5) is 18.7. The third-order valence-corrected chi connectivity index (χ3v) is 2.21. The molecule has 4 nitrogen and oxygen atoms in total. The highest BCUT2D eigenvalue weighted by Gasteiger charge is 2.00. The number of carbonyl (C=O) groups excluding carboxylic acids is 1. The Balaban J connectivity index is 2.23. The number of benzene rings is 1. The molecule has 0 aliphatic carbocycles. The van der Waals surface area contributed by atoms with Gasteiger partial charge < -0.3 is 5.73 Å². The molecule has 80 valence electrons.